The van der Waals surface area contributed by atoms with Crippen LogP contribution in [0, 0.1) is 0 Å². The van der Waals surface area contributed by atoms with Crippen LogP contribution in [0.25, 0.3) is 10.9 Å². The molecule has 6 nitrogen and oxygen atoms in total. The molecular weight excluding hydrogens is 368 g/mol. The van der Waals surface area contributed by atoms with Crippen LogP contribution >= 0.6 is 11.6 Å². The van der Waals surface area contributed by atoms with E-state index in [4.69, 9.17) is 21.1 Å². The Morgan fingerprint density at radius 1 is 1.15 bits per heavy atom. The van der Waals surface area contributed by atoms with Gasteiger partial charge in [0.15, 0.2) is 11.5 Å². The summed E-state index contributed by atoms with van der Waals surface area (Å²) in [4.78, 5) is 27.3. The number of pyridine rings is 1. The highest BCUT2D eigenvalue weighted by Crippen LogP contribution is 2.38. The molecule has 0 radical (unpaired) electrons. The number of ether oxygens (including phenoxy) is 2. The lowest BCUT2D eigenvalue weighted by Crippen LogP contribution is -2.31. The first-order valence-electron chi connectivity index (χ1n) is 8.60. The van der Waals surface area contributed by atoms with E-state index in [1.807, 2.05) is 24.3 Å². The van der Waals surface area contributed by atoms with Crippen molar-refractivity contribution >= 4 is 28.4 Å². The molecule has 7 heteroatoms. The monoisotopic (exact) mass is 384 g/mol. The van der Waals surface area contributed by atoms with E-state index in [1.54, 1.807) is 18.2 Å². The molecule has 0 unspecified atom stereocenters. The smallest absolute Gasteiger partial charge is 0.261 e. The Labute approximate surface area is 160 Å². The molecule has 0 fully saturated rings. The number of carbonyl (C=O) groups is 1. The fourth-order valence-corrected chi connectivity index (χ4v) is 3.33. The van der Waals surface area contributed by atoms with E-state index in [9.17, 15) is 9.59 Å². The van der Waals surface area contributed by atoms with Crippen molar-refractivity contribution in [1.82, 2.24) is 10.3 Å². The first kappa shape index (κ1) is 17.4. The minimum Gasteiger partial charge on any atom is -0.486 e. The summed E-state index contributed by atoms with van der Waals surface area (Å²) in [5, 5.41) is 4.07. The molecule has 2 aromatic carbocycles. The molecule has 2 heterocycles. The van der Waals surface area contributed by atoms with Crippen molar-refractivity contribution in [1.29, 1.82) is 0 Å². The van der Waals surface area contributed by atoms with Crippen LogP contribution in [0.5, 0.6) is 11.5 Å². The minimum atomic E-state index is -0.411. The molecule has 1 amide bonds. The van der Waals surface area contributed by atoms with Crippen LogP contribution in [-0.2, 0) is 6.42 Å². The Hall–Kier alpha value is -2.99. The van der Waals surface area contributed by atoms with Gasteiger partial charge in [-0.25, -0.2) is 0 Å². The van der Waals surface area contributed by atoms with Gasteiger partial charge in [-0.15, -0.1) is 0 Å². The zero-order valence-corrected chi connectivity index (χ0v) is 15.1. The Bertz CT molecular complexity index is 1080. The van der Waals surface area contributed by atoms with Crippen molar-refractivity contribution in [3.63, 3.8) is 0 Å². The van der Waals surface area contributed by atoms with Crippen LogP contribution in [0.3, 0.4) is 0 Å². The van der Waals surface area contributed by atoms with Gasteiger partial charge >= 0.3 is 0 Å². The first-order chi connectivity index (χ1) is 13.1. The SMILES string of the molecule is O=C(NCCc1cc(Cl)c2c(c1)OCCO2)c1cc2ccccc2[nH]c1=O. The molecule has 1 aliphatic heterocycles. The summed E-state index contributed by atoms with van der Waals surface area (Å²) in [5.74, 6) is 0.755. The molecule has 138 valence electrons. The molecule has 0 saturated heterocycles. The maximum atomic E-state index is 12.4. The second-order valence-electron chi connectivity index (χ2n) is 6.21. The fourth-order valence-electron chi connectivity index (χ4n) is 3.04. The topological polar surface area (TPSA) is 80.4 Å². The maximum absolute atomic E-state index is 12.4. The van der Waals surface area contributed by atoms with Crippen molar-refractivity contribution < 1.29 is 14.3 Å². The standard InChI is InChI=1S/C20H17ClN2O4/c21-15-9-12(10-17-18(15)27-8-7-26-17)5-6-22-19(24)14-11-13-3-1-2-4-16(13)23-20(14)25/h1-4,9-11H,5-8H2,(H,22,24)(H,23,25). The largest absolute Gasteiger partial charge is 0.486 e. The van der Waals surface area contributed by atoms with Gasteiger partial charge in [0.05, 0.1) is 5.02 Å². The quantitative estimate of drug-likeness (QED) is 0.724. The second-order valence-corrected chi connectivity index (χ2v) is 6.61. The lowest BCUT2D eigenvalue weighted by molar-refractivity contribution is 0.0953. The van der Waals surface area contributed by atoms with Gasteiger partial charge in [0.2, 0.25) is 0 Å². The minimum absolute atomic E-state index is 0.0916. The lowest BCUT2D eigenvalue weighted by Gasteiger charge is -2.20. The third kappa shape index (κ3) is 3.61. The van der Waals surface area contributed by atoms with Crippen LogP contribution in [0.4, 0.5) is 0 Å². The van der Waals surface area contributed by atoms with Crippen molar-refractivity contribution in [2.24, 2.45) is 0 Å². The lowest BCUT2D eigenvalue weighted by atomic mass is 10.1. The van der Waals surface area contributed by atoms with Gasteiger partial charge in [-0.1, -0.05) is 29.8 Å². The van der Waals surface area contributed by atoms with Gasteiger partial charge in [-0.05, 0) is 41.6 Å². The zero-order valence-electron chi connectivity index (χ0n) is 14.4. The summed E-state index contributed by atoms with van der Waals surface area (Å²) in [6.07, 6.45) is 0.549. The summed E-state index contributed by atoms with van der Waals surface area (Å²) >= 11 is 6.22. The highest BCUT2D eigenvalue weighted by atomic mass is 35.5. The van der Waals surface area contributed by atoms with Crippen LogP contribution in [0.2, 0.25) is 5.02 Å². The van der Waals surface area contributed by atoms with Crippen molar-refractivity contribution in [3.05, 3.63) is 69.0 Å². The summed E-state index contributed by atoms with van der Waals surface area (Å²) < 4.78 is 11.0. The third-order valence-corrected chi connectivity index (χ3v) is 4.63. The van der Waals surface area contributed by atoms with Gasteiger partial charge in [-0.2, -0.15) is 0 Å². The van der Waals surface area contributed by atoms with E-state index in [2.05, 4.69) is 10.3 Å². The Balaban J connectivity index is 1.45. The number of hydrogen-bond donors (Lipinski definition) is 2. The van der Waals surface area contributed by atoms with E-state index in [1.165, 1.54) is 0 Å². The van der Waals surface area contributed by atoms with Crippen LogP contribution in [-0.4, -0.2) is 30.6 Å². The molecule has 3 aromatic rings. The van der Waals surface area contributed by atoms with Gasteiger partial charge < -0.3 is 19.8 Å². The van der Waals surface area contributed by atoms with Crippen LogP contribution in [0.15, 0.2) is 47.3 Å². The fraction of sp³-hybridized carbons (Fsp3) is 0.200. The van der Waals surface area contributed by atoms with Crippen molar-refractivity contribution in [3.8, 4) is 11.5 Å². The number of carbonyl (C=O) groups excluding carboxylic acids is 1. The molecule has 1 aliphatic rings. The molecule has 0 spiro atoms. The third-order valence-electron chi connectivity index (χ3n) is 4.35. The average molecular weight is 385 g/mol. The van der Waals surface area contributed by atoms with Gasteiger partial charge in [0.1, 0.15) is 18.8 Å². The number of hydrogen-bond acceptors (Lipinski definition) is 4. The summed E-state index contributed by atoms with van der Waals surface area (Å²) in [6, 6.07) is 12.6. The number of amides is 1. The predicted octanol–water partition coefficient (Wildman–Crippen LogP) is 2.93. The number of para-hydroxylation sites is 1. The average Bonchev–Trinajstić information content (AvgIpc) is 2.67. The van der Waals surface area contributed by atoms with Crippen molar-refractivity contribution in [2.45, 2.75) is 6.42 Å². The van der Waals surface area contributed by atoms with E-state index in [-0.39, 0.29) is 5.56 Å². The van der Waals surface area contributed by atoms with Crippen LogP contribution < -0.4 is 20.3 Å². The highest BCUT2D eigenvalue weighted by Gasteiger charge is 2.17. The molecule has 27 heavy (non-hydrogen) atoms. The highest BCUT2D eigenvalue weighted by molar-refractivity contribution is 6.32. The van der Waals surface area contributed by atoms with E-state index < -0.39 is 11.5 Å². The Kier molecular flexibility index (Phi) is 4.73. The van der Waals surface area contributed by atoms with Gasteiger partial charge in [0, 0.05) is 12.1 Å². The second kappa shape index (κ2) is 7.32. The van der Waals surface area contributed by atoms with E-state index in [0.29, 0.717) is 48.2 Å². The molecular formula is C20H17ClN2O4. The number of aromatic nitrogens is 1. The molecule has 0 bridgehead atoms. The number of aromatic amines is 1. The van der Waals surface area contributed by atoms with E-state index >= 15 is 0 Å². The number of halogens is 1. The number of H-pyrrole nitrogens is 1. The van der Waals surface area contributed by atoms with Gasteiger partial charge in [-0.3, -0.25) is 9.59 Å². The normalized spacial score (nSPS) is 12.8. The number of rotatable bonds is 4. The molecule has 0 aliphatic carbocycles. The number of nitrogens with one attached hydrogen (secondary N) is 2. The van der Waals surface area contributed by atoms with Gasteiger partial charge in [0.25, 0.3) is 11.5 Å². The van der Waals surface area contributed by atoms with Crippen molar-refractivity contribution in [2.75, 3.05) is 19.8 Å². The summed E-state index contributed by atoms with van der Waals surface area (Å²) in [7, 11) is 0. The predicted molar refractivity (Wildman–Crippen MR) is 103 cm³/mol. The Morgan fingerprint density at radius 2 is 1.96 bits per heavy atom. The van der Waals surface area contributed by atoms with E-state index in [0.717, 1.165) is 10.9 Å². The molecule has 4 rings (SSSR count). The first-order valence-corrected chi connectivity index (χ1v) is 8.98. The molecule has 0 saturated carbocycles. The Morgan fingerprint density at radius 3 is 2.85 bits per heavy atom. The number of fused-ring (bicyclic) bond motifs is 2. The summed E-state index contributed by atoms with van der Waals surface area (Å²) in [6.45, 7) is 1.32. The number of benzene rings is 2. The summed E-state index contributed by atoms with van der Waals surface area (Å²) in [5.41, 5.74) is 1.30. The van der Waals surface area contributed by atoms with Crippen LogP contribution in [0.1, 0.15) is 15.9 Å². The maximum Gasteiger partial charge on any atom is 0.261 e. The molecule has 2 N–H and O–H groups in total. The zero-order chi connectivity index (χ0) is 18.8. The molecule has 0 atom stereocenters. The molecule has 1 aromatic heterocycles.